The normalized spacial score (nSPS) is 28.1. The predicted molar refractivity (Wildman–Crippen MR) is 123 cm³/mol. The van der Waals surface area contributed by atoms with Crippen molar-refractivity contribution in [1.29, 1.82) is 0 Å². The largest absolute Gasteiger partial charge is 0.508 e. The average molecular weight is 526 g/mol. The number of Topliss-reactive ketones (excluding diaryl/α,β-unsaturated/α-hetero) is 2. The number of primary amides is 1. The van der Waals surface area contributed by atoms with E-state index < -0.39 is 96.5 Å². The number of aliphatic hydroxyl groups excluding tert-OH is 2. The smallest absolute Gasteiger partial charge is 0.255 e. The first-order valence-corrected chi connectivity index (χ1v) is 12.6. The lowest BCUT2D eigenvalue weighted by Gasteiger charge is -2.50. The number of aromatic hydroxyl groups is 1. The van der Waals surface area contributed by atoms with Crippen LogP contribution in [0.1, 0.15) is 17.5 Å². The highest BCUT2D eigenvalue weighted by molar-refractivity contribution is 7.92. The summed E-state index contributed by atoms with van der Waals surface area (Å²) in [4.78, 5) is 40.0. The summed E-state index contributed by atoms with van der Waals surface area (Å²) in [6.07, 6.45) is 0.303. The fraction of sp³-hybridized carbons (Fsp3) is 0.409. The Morgan fingerprint density at radius 2 is 1.86 bits per heavy atom. The van der Waals surface area contributed by atoms with E-state index in [1.807, 2.05) is 4.72 Å². The van der Waals surface area contributed by atoms with Crippen molar-refractivity contribution in [2.24, 2.45) is 17.6 Å². The van der Waals surface area contributed by atoms with Gasteiger partial charge in [0.2, 0.25) is 15.8 Å². The van der Waals surface area contributed by atoms with Gasteiger partial charge in [-0.25, -0.2) is 12.8 Å². The molecule has 1 aromatic rings. The number of hydrogen-bond acceptors (Lipinski definition) is 10. The maximum Gasteiger partial charge on any atom is 0.255 e. The molecule has 14 heteroatoms. The molecule has 0 spiro atoms. The monoisotopic (exact) mass is 525 g/mol. The maximum atomic E-state index is 15.0. The number of hydrogen-bond donors (Lipinski definition) is 6. The van der Waals surface area contributed by atoms with Gasteiger partial charge >= 0.3 is 0 Å². The molecule has 1 amide bonds. The van der Waals surface area contributed by atoms with Gasteiger partial charge in [-0.05, 0) is 32.9 Å². The summed E-state index contributed by atoms with van der Waals surface area (Å²) < 4.78 is 40.2. The summed E-state index contributed by atoms with van der Waals surface area (Å²) in [6, 6.07) is -0.531. The average Bonchev–Trinajstić information content (AvgIpc) is 2.72. The number of sulfonamides is 1. The van der Waals surface area contributed by atoms with E-state index in [-0.39, 0.29) is 18.4 Å². The van der Waals surface area contributed by atoms with E-state index in [9.17, 15) is 43.2 Å². The SMILES string of the molecule is CN(C)[C@@H]1C(=O)C(C(N)=O)=C(O)[C@@]2(O)C(=O)C3=C(O)c4c(O)c(NS(C)(=O)=O)cc(F)c4C[C@H]3C[C@@H]12. The van der Waals surface area contributed by atoms with E-state index in [2.05, 4.69) is 0 Å². The first-order valence-electron chi connectivity index (χ1n) is 10.7. The van der Waals surface area contributed by atoms with Crippen LogP contribution in [0.4, 0.5) is 10.1 Å². The van der Waals surface area contributed by atoms with E-state index in [0.717, 1.165) is 12.3 Å². The number of carbonyl (C=O) groups excluding carboxylic acids is 3. The molecule has 1 aromatic carbocycles. The quantitative estimate of drug-likeness (QED) is 0.219. The lowest BCUT2D eigenvalue weighted by atomic mass is 9.57. The minimum absolute atomic E-state index is 0.199. The number of benzene rings is 1. The number of anilines is 1. The Kier molecular flexibility index (Phi) is 5.70. The Hall–Kier alpha value is -3.49. The second-order valence-corrected chi connectivity index (χ2v) is 11.2. The lowest BCUT2D eigenvalue weighted by molar-refractivity contribution is -0.153. The summed E-state index contributed by atoms with van der Waals surface area (Å²) >= 11 is 0. The van der Waals surface area contributed by atoms with Crippen LogP contribution in [0.2, 0.25) is 0 Å². The molecule has 194 valence electrons. The van der Waals surface area contributed by atoms with Crippen LogP contribution in [-0.4, -0.2) is 83.2 Å². The second kappa shape index (κ2) is 8.01. The van der Waals surface area contributed by atoms with Gasteiger partial charge in [-0.15, -0.1) is 0 Å². The van der Waals surface area contributed by atoms with Crippen LogP contribution in [-0.2, 0) is 30.8 Å². The van der Waals surface area contributed by atoms with Crippen molar-refractivity contribution in [2.75, 3.05) is 25.1 Å². The molecule has 0 bridgehead atoms. The molecule has 4 atom stereocenters. The lowest BCUT2D eigenvalue weighted by Crippen LogP contribution is -2.65. The molecule has 0 aliphatic heterocycles. The van der Waals surface area contributed by atoms with Gasteiger partial charge in [0, 0.05) is 23.1 Å². The number of carbonyl (C=O) groups is 3. The molecule has 0 radical (unpaired) electrons. The highest BCUT2D eigenvalue weighted by Crippen LogP contribution is 2.53. The molecule has 4 rings (SSSR count). The summed E-state index contributed by atoms with van der Waals surface area (Å²) in [7, 11) is -1.04. The van der Waals surface area contributed by atoms with E-state index in [4.69, 9.17) is 5.73 Å². The van der Waals surface area contributed by atoms with Crippen LogP contribution < -0.4 is 10.5 Å². The third-order valence-electron chi connectivity index (χ3n) is 6.96. The fourth-order valence-electron chi connectivity index (χ4n) is 5.54. The van der Waals surface area contributed by atoms with Crippen molar-refractivity contribution in [2.45, 2.75) is 24.5 Å². The van der Waals surface area contributed by atoms with Crippen LogP contribution in [0.5, 0.6) is 5.75 Å². The van der Waals surface area contributed by atoms with E-state index in [1.165, 1.54) is 19.0 Å². The Morgan fingerprint density at radius 3 is 2.39 bits per heavy atom. The number of likely N-dealkylation sites (N-methyl/N-ethyl adjacent to an activating group) is 1. The Bertz CT molecular complexity index is 1420. The van der Waals surface area contributed by atoms with Gasteiger partial charge in [-0.3, -0.25) is 24.0 Å². The van der Waals surface area contributed by atoms with Crippen molar-refractivity contribution < 1.29 is 47.6 Å². The number of fused-ring (bicyclic) bond motifs is 3. The zero-order chi connectivity index (χ0) is 27.1. The van der Waals surface area contributed by atoms with Gasteiger partial charge in [-0.2, -0.15) is 0 Å². The molecule has 0 saturated heterocycles. The second-order valence-electron chi connectivity index (χ2n) is 9.44. The predicted octanol–water partition coefficient (Wildman–Crippen LogP) is -0.525. The van der Waals surface area contributed by atoms with Gasteiger partial charge in [-0.1, -0.05) is 0 Å². The third-order valence-corrected chi connectivity index (χ3v) is 7.55. The number of aliphatic hydroxyl groups is 3. The first-order chi connectivity index (χ1) is 16.5. The molecule has 12 nitrogen and oxygen atoms in total. The fourth-order valence-corrected chi connectivity index (χ4v) is 6.10. The van der Waals surface area contributed by atoms with Gasteiger partial charge in [0.1, 0.15) is 22.9 Å². The minimum atomic E-state index is -3.96. The number of rotatable bonds is 4. The molecule has 3 aliphatic rings. The molecule has 3 aliphatic carbocycles. The Balaban J connectivity index is 1.98. The standard InChI is InChI=1S/C22H24FN3O9S/c1-26(2)15-9-5-7-4-8-10(23)6-11(25-36(3,34)35)16(27)13(8)17(28)12(7)19(30)22(9,33)20(31)14(18(15)29)21(24)32/h6-7,9,15,25,27-28,31,33H,4-5H2,1-3H3,(H2,24,32)/t7-,9-,15-,22-/m0/s1. The van der Waals surface area contributed by atoms with E-state index in [0.29, 0.717) is 0 Å². The summed E-state index contributed by atoms with van der Waals surface area (Å²) in [6.45, 7) is 0. The van der Waals surface area contributed by atoms with Crippen molar-refractivity contribution in [3.63, 3.8) is 0 Å². The summed E-state index contributed by atoms with van der Waals surface area (Å²) in [5.74, 6) is -9.78. The van der Waals surface area contributed by atoms with Crippen LogP contribution in [0.15, 0.2) is 23.0 Å². The highest BCUT2D eigenvalue weighted by Gasteiger charge is 2.64. The van der Waals surface area contributed by atoms with Gasteiger partial charge in [0.15, 0.2) is 17.1 Å². The molecule has 36 heavy (non-hydrogen) atoms. The van der Waals surface area contributed by atoms with Crippen LogP contribution in [0.3, 0.4) is 0 Å². The number of nitrogens with one attached hydrogen (secondary N) is 1. The third kappa shape index (κ3) is 3.47. The maximum absolute atomic E-state index is 15.0. The summed E-state index contributed by atoms with van der Waals surface area (Å²) in [5.41, 5.74) is -0.370. The topological polar surface area (TPSA) is 208 Å². The Labute approximate surface area is 204 Å². The first kappa shape index (κ1) is 25.6. The molecular weight excluding hydrogens is 501 g/mol. The van der Waals surface area contributed by atoms with Gasteiger partial charge < -0.3 is 26.2 Å². The molecule has 0 heterocycles. The molecule has 1 fully saturated rings. The molecular formula is C22H24FN3O9S. The van der Waals surface area contributed by atoms with Crippen LogP contribution in [0, 0.1) is 17.7 Å². The number of halogens is 1. The summed E-state index contributed by atoms with van der Waals surface area (Å²) in [5, 5.41) is 43.9. The number of phenols is 1. The van der Waals surface area contributed by atoms with Crippen molar-refractivity contribution in [3.05, 3.63) is 39.9 Å². The van der Waals surface area contributed by atoms with Crippen molar-refractivity contribution in [3.8, 4) is 5.75 Å². The molecule has 7 N–H and O–H groups in total. The number of amides is 1. The number of nitrogens with two attached hydrogens (primary N) is 1. The van der Waals surface area contributed by atoms with E-state index in [1.54, 1.807) is 0 Å². The Morgan fingerprint density at radius 1 is 1.25 bits per heavy atom. The van der Waals surface area contributed by atoms with Gasteiger partial charge in [0.05, 0.1) is 23.5 Å². The minimum Gasteiger partial charge on any atom is -0.508 e. The van der Waals surface area contributed by atoms with Crippen molar-refractivity contribution in [1.82, 2.24) is 4.90 Å². The van der Waals surface area contributed by atoms with Gasteiger partial charge in [0.25, 0.3) is 5.91 Å². The molecule has 0 unspecified atom stereocenters. The number of phenolic OH excluding ortho intramolecular Hbond substituents is 1. The van der Waals surface area contributed by atoms with Crippen LogP contribution >= 0.6 is 0 Å². The molecule has 1 saturated carbocycles. The number of ketones is 2. The zero-order valence-electron chi connectivity index (χ0n) is 19.4. The molecule has 0 aromatic heterocycles. The van der Waals surface area contributed by atoms with Crippen molar-refractivity contribution >= 4 is 38.9 Å². The number of nitrogens with zero attached hydrogens (tertiary/aromatic N) is 1. The van der Waals surface area contributed by atoms with Crippen LogP contribution in [0.25, 0.3) is 5.76 Å². The zero-order valence-corrected chi connectivity index (χ0v) is 20.2. The van der Waals surface area contributed by atoms with E-state index >= 15 is 4.39 Å². The highest BCUT2D eigenvalue weighted by atomic mass is 32.2.